The lowest BCUT2D eigenvalue weighted by atomic mass is 10.1. The zero-order valence-corrected chi connectivity index (χ0v) is 11.5. The molecule has 2 heterocycles. The van der Waals surface area contributed by atoms with Gasteiger partial charge in [0.25, 0.3) is 0 Å². The second-order valence-corrected chi connectivity index (χ2v) is 5.80. The van der Waals surface area contributed by atoms with Crippen molar-refractivity contribution in [2.75, 3.05) is 26.7 Å². The smallest absolute Gasteiger partial charge is 0.133 e. The maximum atomic E-state index is 9.46. The molecule has 2 rings (SSSR count). The molecule has 0 spiro atoms. The minimum atomic E-state index is -0.0706. The molecule has 1 aliphatic rings. The average Bonchev–Trinajstić information content (AvgIpc) is 2.69. The molecule has 2 atom stereocenters. The first-order valence-corrected chi connectivity index (χ1v) is 6.89. The van der Waals surface area contributed by atoms with Crippen molar-refractivity contribution in [2.24, 2.45) is 0 Å². The molecular formula is C13H19N3S. The zero-order valence-electron chi connectivity index (χ0n) is 10.7. The number of aryl methyl sites for hydroxylation is 1. The van der Waals surface area contributed by atoms with Gasteiger partial charge in [0.05, 0.1) is 6.07 Å². The molecule has 1 fully saturated rings. The molecule has 0 saturated carbocycles. The largest absolute Gasteiger partial charge is 0.304 e. The topological polar surface area (TPSA) is 30.3 Å². The Hall–Kier alpha value is -0.890. The summed E-state index contributed by atoms with van der Waals surface area (Å²) in [5.74, 6) is 0. The Balaban J connectivity index is 2.20. The fourth-order valence-electron chi connectivity index (χ4n) is 2.49. The van der Waals surface area contributed by atoms with Gasteiger partial charge in [0.15, 0.2) is 0 Å². The molecule has 0 aromatic carbocycles. The number of nitriles is 1. The maximum Gasteiger partial charge on any atom is 0.133 e. The molecule has 4 heteroatoms. The van der Waals surface area contributed by atoms with Gasteiger partial charge in [-0.05, 0) is 37.9 Å². The summed E-state index contributed by atoms with van der Waals surface area (Å²) in [5, 5.41) is 11.5. The number of hydrogen-bond acceptors (Lipinski definition) is 4. The lowest BCUT2D eigenvalue weighted by Crippen LogP contribution is -2.51. The summed E-state index contributed by atoms with van der Waals surface area (Å²) in [6, 6.07) is 4.95. The summed E-state index contributed by atoms with van der Waals surface area (Å²) < 4.78 is 0. The Labute approximate surface area is 107 Å². The van der Waals surface area contributed by atoms with Crippen LogP contribution in [0.1, 0.15) is 23.4 Å². The minimum absolute atomic E-state index is 0.0706. The molecule has 3 nitrogen and oxygen atoms in total. The Morgan fingerprint density at radius 2 is 2.29 bits per heavy atom. The molecule has 17 heavy (non-hydrogen) atoms. The van der Waals surface area contributed by atoms with Gasteiger partial charge in [0.1, 0.15) is 6.04 Å². The van der Waals surface area contributed by atoms with Crippen LogP contribution in [0.15, 0.2) is 11.4 Å². The van der Waals surface area contributed by atoms with Gasteiger partial charge in [-0.2, -0.15) is 5.26 Å². The van der Waals surface area contributed by atoms with Gasteiger partial charge in [-0.3, -0.25) is 4.90 Å². The van der Waals surface area contributed by atoms with Gasteiger partial charge in [-0.15, -0.1) is 11.3 Å². The molecule has 1 aliphatic heterocycles. The van der Waals surface area contributed by atoms with E-state index < -0.39 is 0 Å². The first-order valence-electron chi connectivity index (χ1n) is 6.01. The van der Waals surface area contributed by atoms with E-state index in [9.17, 15) is 5.26 Å². The number of thiophene rings is 1. The molecule has 0 bridgehead atoms. The van der Waals surface area contributed by atoms with Gasteiger partial charge < -0.3 is 4.90 Å². The highest BCUT2D eigenvalue weighted by atomic mass is 32.1. The molecule has 1 saturated heterocycles. The highest BCUT2D eigenvalue weighted by Crippen LogP contribution is 2.30. The second-order valence-electron chi connectivity index (χ2n) is 4.85. The third-order valence-electron chi connectivity index (χ3n) is 3.49. The number of hydrogen-bond donors (Lipinski definition) is 0. The minimum Gasteiger partial charge on any atom is -0.304 e. The lowest BCUT2D eigenvalue weighted by molar-refractivity contribution is 0.0806. The summed E-state index contributed by atoms with van der Waals surface area (Å²) in [6.45, 7) is 7.38. The van der Waals surface area contributed by atoms with E-state index >= 15 is 0 Å². The van der Waals surface area contributed by atoms with Crippen LogP contribution in [0.4, 0.5) is 0 Å². The Kier molecular flexibility index (Phi) is 3.82. The summed E-state index contributed by atoms with van der Waals surface area (Å²) in [6.07, 6.45) is 0. The standard InChI is InChI=1S/C13H19N3S/c1-10-4-7-17-13(10)12(8-14)16-6-5-15(3)9-11(16)2/h4,7,11-12H,5-6,9H2,1-3H3. The fraction of sp³-hybridized carbons (Fsp3) is 0.615. The highest BCUT2D eigenvalue weighted by Gasteiger charge is 2.30. The molecule has 92 valence electrons. The molecule has 0 aliphatic carbocycles. The normalized spacial score (nSPS) is 24.5. The van der Waals surface area contributed by atoms with Crippen LogP contribution in [0.25, 0.3) is 0 Å². The van der Waals surface area contributed by atoms with Crippen molar-refractivity contribution >= 4 is 11.3 Å². The molecular weight excluding hydrogens is 230 g/mol. The quantitative estimate of drug-likeness (QED) is 0.805. The van der Waals surface area contributed by atoms with Crippen molar-refractivity contribution in [2.45, 2.75) is 25.9 Å². The third-order valence-corrected chi connectivity index (χ3v) is 4.56. The predicted octanol–water partition coefficient (Wildman–Crippen LogP) is 2.26. The van der Waals surface area contributed by atoms with Crippen LogP contribution in [0.3, 0.4) is 0 Å². The van der Waals surface area contributed by atoms with E-state index in [4.69, 9.17) is 0 Å². The molecule has 1 aromatic rings. The average molecular weight is 249 g/mol. The van der Waals surface area contributed by atoms with E-state index in [-0.39, 0.29) is 6.04 Å². The van der Waals surface area contributed by atoms with Crippen molar-refractivity contribution in [3.05, 3.63) is 21.9 Å². The molecule has 2 unspecified atom stereocenters. The SMILES string of the molecule is Cc1ccsc1C(C#N)N1CCN(C)CC1C. The summed E-state index contributed by atoms with van der Waals surface area (Å²) in [7, 11) is 2.14. The highest BCUT2D eigenvalue weighted by molar-refractivity contribution is 7.10. The molecule has 0 radical (unpaired) electrons. The summed E-state index contributed by atoms with van der Waals surface area (Å²) in [5.41, 5.74) is 1.24. The summed E-state index contributed by atoms with van der Waals surface area (Å²) >= 11 is 1.70. The van der Waals surface area contributed by atoms with E-state index in [1.165, 1.54) is 10.4 Å². The Morgan fingerprint density at radius 1 is 1.53 bits per heavy atom. The summed E-state index contributed by atoms with van der Waals surface area (Å²) in [4.78, 5) is 5.87. The van der Waals surface area contributed by atoms with Gasteiger partial charge in [0.2, 0.25) is 0 Å². The first kappa shape index (κ1) is 12.6. The predicted molar refractivity (Wildman–Crippen MR) is 71.1 cm³/mol. The van der Waals surface area contributed by atoms with Gasteiger partial charge in [-0.1, -0.05) is 0 Å². The molecule has 0 amide bonds. The fourth-order valence-corrected chi connectivity index (χ4v) is 3.48. The van der Waals surface area contributed by atoms with Crippen LogP contribution >= 0.6 is 11.3 Å². The number of likely N-dealkylation sites (N-methyl/N-ethyl adjacent to an activating group) is 1. The van der Waals surface area contributed by atoms with Crippen LogP contribution < -0.4 is 0 Å². The van der Waals surface area contributed by atoms with Crippen molar-refractivity contribution < 1.29 is 0 Å². The van der Waals surface area contributed by atoms with Gasteiger partial charge in [0, 0.05) is 30.6 Å². The van der Waals surface area contributed by atoms with E-state index in [1.54, 1.807) is 11.3 Å². The third kappa shape index (κ3) is 2.52. The van der Waals surface area contributed by atoms with Crippen molar-refractivity contribution in [1.29, 1.82) is 5.26 Å². The van der Waals surface area contributed by atoms with Crippen molar-refractivity contribution in [3.63, 3.8) is 0 Å². The molecule has 1 aromatic heterocycles. The van der Waals surface area contributed by atoms with E-state index in [1.807, 2.05) is 0 Å². The number of nitrogens with zero attached hydrogens (tertiary/aromatic N) is 3. The van der Waals surface area contributed by atoms with Crippen LogP contribution in [0, 0.1) is 18.3 Å². The van der Waals surface area contributed by atoms with Crippen molar-refractivity contribution in [3.8, 4) is 6.07 Å². The Morgan fingerprint density at radius 3 is 2.82 bits per heavy atom. The Bertz CT molecular complexity index is 421. The van der Waals surface area contributed by atoms with Gasteiger partial charge >= 0.3 is 0 Å². The number of piperazine rings is 1. The van der Waals surface area contributed by atoms with Gasteiger partial charge in [-0.25, -0.2) is 0 Å². The zero-order chi connectivity index (χ0) is 12.4. The van der Waals surface area contributed by atoms with E-state index in [2.05, 4.69) is 48.2 Å². The number of rotatable bonds is 2. The van der Waals surface area contributed by atoms with Crippen LogP contribution in [0.2, 0.25) is 0 Å². The second kappa shape index (κ2) is 5.18. The van der Waals surface area contributed by atoms with Crippen LogP contribution in [0.5, 0.6) is 0 Å². The molecule has 0 N–H and O–H groups in total. The van der Waals surface area contributed by atoms with Crippen molar-refractivity contribution in [1.82, 2.24) is 9.80 Å². The first-order chi connectivity index (χ1) is 8.13. The maximum absolute atomic E-state index is 9.46. The van der Waals surface area contributed by atoms with Crippen LogP contribution in [-0.4, -0.2) is 42.5 Å². The van der Waals surface area contributed by atoms with Crippen LogP contribution in [-0.2, 0) is 0 Å². The van der Waals surface area contributed by atoms with E-state index in [0.717, 1.165) is 19.6 Å². The lowest BCUT2D eigenvalue weighted by Gasteiger charge is -2.40. The van der Waals surface area contributed by atoms with E-state index in [0.29, 0.717) is 6.04 Å². The monoisotopic (exact) mass is 249 g/mol.